The number of aliphatic hydroxyl groups excluding tert-OH is 1. The summed E-state index contributed by atoms with van der Waals surface area (Å²) in [6.45, 7) is 4.32. The number of benzene rings is 3. The Morgan fingerprint density at radius 1 is 1.03 bits per heavy atom. The molecule has 0 spiro atoms. The normalized spacial score (nSPS) is 18.1. The number of amides is 1. The van der Waals surface area contributed by atoms with Gasteiger partial charge in [-0.1, -0.05) is 60.1 Å². The molecule has 1 fully saturated rings. The van der Waals surface area contributed by atoms with E-state index in [0.29, 0.717) is 16.1 Å². The van der Waals surface area contributed by atoms with Crippen molar-refractivity contribution in [1.82, 2.24) is 4.90 Å². The number of fused-ring (bicyclic) bond motifs is 1. The molecule has 0 radical (unpaired) electrons. The molecule has 1 aliphatic rings. The Balaban J connectivity index is 1.81. The Labute approximate surface area is 191 Å². The van der Waals surface area contributed by atoms with Crippen molar-refractivity contribution in [2.24, 2.45) is 0 Å². The first-order chi connectivity index (χ1) is 15.4. The van der Waals surface area contributed by atoms with E-state index in [1.807, 2.05) is 50.2 Å². The first-order valence-electron chi connectivity index (χ1n) is 10.5. The van der Waals surface area contributed by atoms with Crippen LogP contribution in [0.1, 0.15) is 31.0 Å². The zero-order valence-corrected chi connectivity index (χ0v) is 18.7. The molecule has 3 aromatic carbocycles. The maximum atomic E-state index is 13.1. The highest BCUT2D eigenvalue weighted by molar-refractivity contribution is 6.46. The molecule has 0 aromatic heterocycles. The maximum absolute atomic E-state index is 13.1. The summed E-state index contributed by atoms with van der Waals surface area (Å²) in [5, 5.41) is 13.7. The molecule has 5 nitrogen and oxygen atoms in total. The predicted octanol–water partition coefficient (Wildman–Crippen LogP) is 5.34. The fraction of sp³-hybridized carbons (Fsp3) is 0.231. The molecule has 6 heteroatoms. The van der Waals surface area contributed by atoms with Crippen molar-refractivity contribution in [2.75, 3.05) is 13.2 Å². The standard InChI is InChI=1S/C26H24ClNO4/c1-16(2)32-14-13-28-23(18-9-11-21(27)12-10-18)22(25(30)26(28)31)24(29)20-8-7-17-5-3-4-6-19(17)15-20/h3-12,15-16,23,29H,13-14H2,1-2H3/b24-22-. The lowest BCUT2D eigenvalue weighted by atomic mass is 9.94. The second-order valence-electron chi connectivity index (χ2n) is 8.03. The van der Waals surface area contributed by atoms with Crippen LogP contribution in [0.4, 0.5) is 0 Å². The van der Waals surface area contributed by atoms with Crippen molar-refractivity contribution in [3.63, 3.8) is 0 Å². The van der Waals surface area contributed by atoms with Crippen LogP contribution >= 0.6 is 11.6 Å². The van der Waals surface area contributed by atoms with Crippen LogP contribution in [-0.4, -0.2) is 41.0 Å². The Kier molecular flexibility index (Phi) is 6.31. The Morgan fingerprint density at radius 3 is 2.41 bits per heavy atom. The van der Waals surface area contributed by atoms with Crippen molar-refractivity contribution in [3.05, 3.63) is 88.5 Å². The maximum Gasteiger partial charge on any atom is 0.295 e. The summed E-state index contributed by atoms with van der Waals surface area (Å²) in [7, 11) is 0. The summed E-state index contributed by atoms with van der Waals surface area (Å²) < 4.78 is 5.61. The molecule has 164 valence electrons. The molecule has 1 saturated heterocycles. The molecule has 32 heavy (non-hydrogen) atoms. The van der Waals surface area contributed by atoms with Crippen LogP contribution in [0.5, 0.6) is 0 Å². The van der Waals surface area contributed by atoms with E-state index in [0.717, 1.165) is 10.8 Å². The molecule has 3 aromatic rings. The molecule has 0 aliphatic carbocycles. The van der Waals surface area contributed by atoms with Crippen LogP contribution in [0.3, 0.4) is 0 Å². The van der Waals surface area contributed by atoms with Crippen molar-refractivity contribution in [1.29, 1.82) is 0 Å². The SMILES string of the molecule is CC(C)OCCN1C(=O)C(=O)/C(=C(\O)c2ccc3ccccc3c2)C1c1ccc(Cl)cc1. The van der Waals surface area contributed by atoms with Crippen LogP contribution in [0.25, 0.3) is 16.5 Å². The first-order valence-corrected chi connectivity index (χ1v) is 10.9. The highest BCUT2D eigenvalue weighted by Gasteiger charge is 2.45. The van der Waals surface area contributed by atoms with Gasteiger partial charge in [0.1, 0.15) is 5.76 Å². The van der Waals surface area contributed by atoms with Gasteiger partial charge in [-0.15, -0.1) is 0 Å². The van der Waals surface area contributed by atoms with E-state index >= 15 is 0 Å². The van der Waals surface area contributed by atoms with E-state index in [4.69, 9.17) is 16.3 Å². The number of rotatable bonds is 6. The van der Waals surface area contributed by atoms with Gasteiger partial charge in [-0.3, -0.25) is 9.59 Å². The number of ketones is 1. The minimum absolute atomic E-state index is 0.00148. The summed E-state index contributed by atoms with van der Waals surface area (Å²) in [6, 6.07) is 19.4. The van der Waals surface area contributed by atoms with Gasteiger partial charge in [-0.25, -0.2) is 0 Å². The molecule has 1 aliphatic heterocycles. The minimum Gasteiger partial charge on any atom is -0.507 e. The number of hydrogen-bond donors (Lipinski definition) is 1. The summed E-state index contributed by atoms with van der Waals surface area (Å²) in [6.07, 6.45) is -0.00148. The van der Waals surface area contributed by atoms with Gasteiger partial charge >= 0.3 is 0 Å². The third-order valence-electron chi connectivity index (χ3n) is 5.53. The topological polar surface area (TPSA) is 66.8 Å². The third-order valence-corrected chi connectivity index (χ3v) is 5.78. The molecule has 4 rings (SSSR count). The number of carbonyl (C=O) groups is 2. The number of ether oxygens (including phenoxy) is 1. The van der Waals surface area contributed by atoms with Gasteiger partial charge in [-0.05, 0) is 48.4 Å². The van der Waals surface area contributed by atoms with Crippen LogP contribution in [0.2, 0.25) is 5.02 Å². The third kappa shape index (κ3) is 4.27. The molecule has 0 saturated carbocycles. The second kappa shape index (κ2) is 9.15. The van der Waals surface area contributed by atoms with Gasteiger partial charge in [0, 0.05) is 17.1 Å². The van der Waals surface area contributed by atoms with Gasteiger partial charge in [0.2, 0.25) is 0 Å². The fourth-order valence-electron chi connectivity index (χ4n) is 3.98. The number of likely N-dealkylation sites (tertiary alicyclic amines) is 1. The summed E-state index contributed by atoms with van der Waals surface area (Å²) in [4.78, 5) is 27.5. The average Bonchev–Trinajstić information content (AvgIpc) is 3.03. The fourth-order valence-corrected chi connectivity index (χ4v) is 4.11. The van der Waals surface area contributed by atoms with Crippen LogP contribution in [-0.2, 0) is 14.3 Å². The number of carbonyl (C=O) groups excluding carboxylic acids is 2. The van der Waals surface area contributed by atoms with E-state index < -0.39 is 17.7 Å². The van der Waals surface area contributed by atoms with Gasteiger partial charge in [0.25, 0.3) is 11.7 Å². The lowest BCUT2D eigenvalue weighted by Gasteiger charge is -2.25. The largest absolute Gasteiger partial charge is 0.507 e. The Hall–Kier alpha value is -3.15. The monoisotopic (exact) mass is 449 g/mol. The van der Waals surface area contributed by atoms with E-state index in [1.165, 1.54) is 4.90 Å². The number of nitrogens with zero attached hydrogens (tertiary/aromatic N) is 1. The molecule has 1 unspecified atom stereocenters. The molecule has 1 N–H and O–H groups in total. The first kappa shape index (κ1) is 22.1. The lowest BCUT2D eigenvalue weighted by Crippen LogP contribution is -2.33. The smallest absolute Gasteiger partial charge is 0.295 e. The van der Waals surface area contributed by atoms with Crippen LogP contribution < -0.4 is 0 Å². The Bertz CT molecular complexity index is 1200. The van der Waals surface area contributed by atoms with E-state index in [2.05, 4.69) is 0 Å². The van der Waals surface area contributed by atoms with Crippen LogP contribution in [0, 0.1) is 0 Å². The molecule has 0 bridgehead atoms. The molecule has 1 heterocycles. The number of aliphatic hydroxyl groups is 1. The molecular weight excluding hydrogens is 426 g/mol. The van der Waals surface area contributed by atoms with Crippen molar-refractivity contribution >= 4 is 39.8 Å². The van der Waals surface area contributed by atoms with E-state index in [-0.39, 0.29) is 30.6 Å². The van der Waals surface area contributed by atoms with Gasteiger partial charge in [-0.2, -0.15) is 0 Å². The number of halogens is 1. The van der Waals surface area contributed by atoms with Crippen LogP contribution in [0.15, 0.2) is 72.3 Å². The minimum atomic E-state index is -0.727. The van der Waals surface area contributed by atoms with E-state index in [9.17, 15) is 14.7 Å². The summed E-state index contributed by atoms with van der Waals surface area (Å²) in [5.74, 6) is -1.55. The average molecular weight is 450 g/mol. The number of hydrogen-bond acceptors (Lipinski definition) is 4. The molecule has 1 amide bonds. The summed E-state index contributed by atoms with van der Waals surface area (Å²) in [5.41, 5.74) is 1.25. The van der Waals surface area contributed by atoms with Crippen molar-refractivity contribution < 1.29 is 19.4 Å². The van der Waals surface area contributed by atoms with Gasteiger partial charge in [0.05, 0.1) is 24.3 Å². The quantitative estimate of drug-likeness (QED) is 0.313. The number of Topliss-reactive ketones (excluding diaryl/α,β-unsaturated/α-hetero) is 1. The molecular formula is C26H24ClNO4. The lowest BCUT2D eigenvalue weighted by molar-refractivity contribution is -0.140. The second-order valence-corrected chi connectivity index (χ2v) is 8.46. The summed E-state index contributed by atoms with van der Waals surface area (Å²) >= 11 is 6.05. The molecule has 1 atom stereocenters. The zero-order valence-electron chi connectivity index (χ0n) is 17.9. The highest BCUT2D eigenvalue weighted by Crippen LogP contribution is 2.39. The van der Waals surface area contributed by atoms with Gasteiger partial charge < -0.3 is 14.7 Å². The van der Waals surface area contributed by atoms with Crippen molar-refractivity contribution in [3.8, 4) is 0 Å². The highest BCUT2D eigenvalue weighted by atomic mass is 35.5. The van der Waals surface area contributed by atoms with E-state index in [1.54, 1.807) is 30.3 Å². The van der Waals surface area contributed by atoms with Crippen molar-refractivity contribution in [2.45, 2.75) is 26.0 Å². The Morgan fingerprint density at radius 2 is 1.72 bits per heavy atom. The predicted molar refractivity (Wildman–Crippen MR) is 125 cm³/mol. The van der Waals surface area contributed by atoms with Gasteiger partial charge in [0.15, 0.2) is 0 Å². The zero-order chi connectivity index (χ0) is 22.8.